The molecule has 1 aliphatic rings. The highest BCUT2D eigenvalue weighted by Gasteiger charge is 2.28. The van der Waals surface area contributed by atoms with Crippen molar-refractivity contribution in [2.24, 2.45) is 5.92 Å². The largest absolute Gasteiger partial charge is 0.497 e. The van der Waals surface area contributed by atoms with Crippen LogP contribution in [0.2, 0.25) is 0 Å². The molecular weight excluding hydrogens is 318 g/mol. The fourth-order valence-corrected chi connectivity index (χ4v) is 3.27. The van der Waals surface area contributed by atoms with E-state index in [1.165, 1.54) is 6.33 Å². The van der Waals surface area contributed by atoms with Crippen LogP contribution in [0.5, 0.6) is 11.6 Å². The molecule has 1 atom stereocenters. The van der Waals surface area contributed by atoms with Crippen LogP contribution >= 0.6 is 0 Å². The summed E-state index contributed by atoms with van der Waals surface area (Å²) >= 11 is 0. The molecule has 0 amide bonds. The summed E-state index contributed by atoms with van der Waals surface area (Å²) in [5.41, 5.74) is 1.72. The molecule has 1 saturated heterocycles. The Labute approximate surface area is 147 Å². The molecule has 0 N–H and O–H groups in total. The Balaban J connectivity index is 1.77. The number of methoxy groups -OCH3 is 2. The molecule has 2 heterocycles. The number of anilines is 1. The summed E-state index contributed by atoms with van der Waals surface area (Å²) in [5, 5.41) is 0. The monoisotopic (exact) mass is 341 g/mol. The Hall–Kier alpha value is -2.63. The van der Waals surface area contributed by atoms with Gasteiger partial charge in [0.05, 0.1) is 14.2 Å². The second-order valence-corrected chi connectivity index (χ2v) is 6.25. The first kappa shape index (κ1) is 17.2. The van der Waals surface area contributed by atoms with Crippen molar-refractivity contribution in [2.45, 2.75) is 19.8 Å². The molecule has 3 rings (SSSR count). The third-order valence-corrected chi connectivity index (χ3v) is 4.65. The molecule has 1 aromatic heterocycles. The summed E-state index contributed by atoms with van der Waals surface area (Å²) in [4.78, 5) is 23.5. The van der Waals surface area contributed by atoms with E-state index in [1.54, 1.807) is 14.2 Å². The third kappa shape index (κ3) is 3.73. The lowest BCUT2D eigenvalue weighted by molar-refractivity contribution is 0.0906. The Morgan fingerprint density at radius 3 is 2.76 bits per heavy atom. The predicted octanol–water partition coefficient (Wildman–Crippen LogP) is 2.90. The van der Waals surface area contributed by atoms with Gasteiger partial charge in [-0.05, 0) is 43.5 Å². The van der Waals surface area contributed by atoms with E-state index in [2.05, 4.69) is 14.9 Å². The molecule has 0 aliphatic carbocycles. The molecule has 1 aliphatic heterocycles. The van der Waals surface area contributed by atoms with Crippen molar-refractivity contribution in [3.05, 3.63) is 41.7 Å². The van der Waals surface area contributed by atoms with Gasteiger partial charge in [-0.1, -0.05) is 0 Å². The Bertz CT molecular complexity index is 763. The number of benzene rings is 1. The van der Waals surface area contributed by atoms with E-state index < -0.39 is 0 Å². The SMILES string of the molecule is COc1ccc(C(=O)[C@H]2CCCN(c3cc(OC)ncn3)C2)c(C)c1. The molecule has 1 aromatic carbocycles. The lowest BCUT2D eigenvalue weighted by atomic mass is 9.88. The van der Waals surface area contributed by atoms with Gasteiger partial charge in [0.1, 0.15) is 17.9 Å². The number of piperidine rings is 1. The van der Waals surface area contributed by atoms with Crippen molar-refractivity contribution in [3.63, 3.8) is 0 Å². The Morgan fingerprint density at radius 1 is 1.20 bits per heavy atom. The summed E-state index contributed by atoms with van der Waals surface area (Å²) in [7, 11) is 3.21. The number of carbonyl (C=O) groups excluding carboxylic acids is 1. The highest BCUT2D eigenvalue weighted by Crippen LogP contribution is 2.27. The predicted molar refractivity (Wildman–Crippen MR) is 95.6 cm³/mol. The van der Waals surface area contributed by atoms with Gasteiger partial charge in [0, 0.05) is 30.6 Å². The maximum atomic E-state index is 13.0. The average Bonchev–Trinajstić information content (AvgIpc) is 2.67. The molecule has 0 radical (unpaired) electrons. The van der Waals surface area contributed by atoms with Crippen molar-refractivity contribution in [1.82, 2.24) is 9.97 Å². The van der Waals surface area contributed by atoms with E-state index in [0.717, 1.165) is 42.1 Å². The van der Waals surface area contributed by atoms with Gasteiger partial charge in [0.2, 0.25) is 5.88 Å². The van der Waals surface area contributed by atoms with Crippen molar-refractivity contribution >= 4 is 11.6 Å². The molecule has 0 spiro atoms. The number of aromatic nitrogens is 2. The molecule has 6 heteroatoms. The molecule has 0 unspecified atom stereocenters. The molecular formula is C19H23N3O3. The van der Waals surface area contributed by atoms with Gasteiger partial charge in [0.25, 0.3) is 0 Å². The highest BCUT2D eigenvalue weighted by molar-refractivity contribution is 5.99. The summed E-state index contributed by atoms with van der Waals surface area (Å²) in [6.07, 6.45) is 3.34. The van der Waals surface area contributed by atoms with Crippen molar-refractivity contribution < 1.29 is 14.3 Å². The standard InChI is InChI=1S/C19H23N3O3/c1-13-9-15(24-2)6-7-16(13)19(23)14-5-4-8-22(11-14)17-10-18(25-3)21-12-20-17/h6-7,9-10,12,14H,4-5,8,11H2,1-3H3/t14-/m0/s1. The number of carbonyl (C=O) groups is 1. The number of Topliss-reactive ketones (excluding diaryl/α,β-unsaturated/α-hetero) is 1. The average molecular weight is 341 g/mol. The van der Waals surface area contributed by atoms with E-state index in [-0.39, 0.29) is 11.7 Å². The van der Waals surface area contributed by atoms with Crippen LogP contribution in [0.3, 0.4) is 0 Å². The lowest BCUT2D eigenvalue weighted by Crippen LogP contribution is -2.39. The van der Waals surface area contributed by atoms with E-state index >= 15 is 0 Å². The fraction of sp³-hybridized carbons (Fsp3) is 0.421. The van der Waals surface area contributed by atoms with Crippen LogP contribution < -0.4 is 14.4 Å². The van der Waals surface area contributed by atoms with Crippen LogP contribution in [-0.4, -0.2) is 43.1 Å². The summed E-state index contributed by atoms with van der Waals surface area (Å²) in [6.45, 7) is 3.49. The second kappa shape index (κ2) is 7.51. The van der Waals surface area contributed by atoms with E-state index in [0.29, 0.717) is 12.4 Å². The van der Waals surface area contributed by atoms with Crippen LogP contribution in [-0.2, 0) is 0 Å². The topological polar surface area (TPSA) is 64.5 Å². The van der Waals surface area contributed by atoms with Crippen molar-refractivity contribution in [3.8, 4) is 11.6 Å². The number of aryl methyl sites for hydroxylation is 1. The minimum Gasteiger partial charge on any atom is -0.497 e. The maximum Gasteiger partial charge on any atom is 0.218 e. The zero-order valence-electron chi connectivity index (χ0n) is 14.9. The van der Waals surface area contributed by atoms with Crippen molar-refractivity contribution in [2.75, 3.05) is 32.2 Å². The summed E-state index contributed by atoms with van der Waals surface area (Å²) in [5.74, 6) is 2.25. The van der Waals surface area contributed by atoms with Crippen LogP contribution in [0.15, 0.2) is 30.6 Å². The van der Waals surface area contributed by atoms with Gasteiger partial charge in [-0.25, -0.2) is 9.97 Å². The van der Waals surface area contributed by atoms with Gasteiger partial charge >= 0.3 is 0 Å². The molecule has 2 aromatic rings. The van der Waals surface area contributed by atoms with Gasteiger partial charge in [-0.15, -0.1) is 0 Å². The zero-order valence-corrected chi connectivity index (χ0v) is 14.9. The fourth-order valence-electron chi connectivity index (χ4n) is 3.27. The first-order valence-corrected chi connectivity index (χ1v) is 8.42. The smallest absolute Gasteiger partial charge is 0.218 e. The van der Waals surface area contributed by atoms with Crippen LogP contribution in [0.25, 0.3) is 0 Å². The minimum absolute atomic E-state index is 0.0400. The maximum absolute atomic E-state index is 13.0. The van der Waals surface area contributed by atoms with E-state index in [4.69, 9.17) is 9.47 Å². The molecule has 0 bridgehead atoms. The molecule has 0 saturated carbocycles. The number of ether oxygens (including phenoxy) is 2. The van der Waals surface area contributed by atoms with Gasteiger partial charge in [-0.2, -0.15) is 0 Å². The van der Waals surface area contributed by atoms with Crippen LogP contribution in [0.1, 0.15) is 28.8 Å². The molecule has 6 nitrogen and oxygen atoms in total. The Morgan fingerprint density at radius 2 is 2.04 bits per heavy atom. The normalized spacial score (nSPS) is 17.2. The molecule has 132 valence electrons. The Kier molecular flexibility index (Phi) is 5.16. The van der Waals surface area contributed by atoms with Gasteiger partial charge < -0.3 is 14.4 Å². The van der Waals surface area contributed by atoms with E-state index in [1.807, 2.05) is 31.2 Å². The lowest BCUT2D eigenvalue weighted by Gasteiger charge is -2.33. The van der Waals surface area contributed by atoms with Gasteiger partial charge in [0.15, 0.2) is 5.78 Å². The van der Waals surface area contributed by atoms with Crippen LogP contribution in [0, 0.1) is 12.8 Å². The number of ketones is 1. The highest BCUT2D eigenvalue weighted by atomic mass is 16.5. The number of hydrogen-bond acceptors (Lipinski definition) is 6. The zero-order chi connectivity index (χ0) is 17.8. The molecule has 25 heavy (non-hydrogen) atoms. The second-order valence-electron chi connectivity index (χ2n) is 6.25. The molecule has 1 fully saturated rings. The number of hydrogen-bond donors (Lipinski definition) is 0. The quantitative estimate of drug-likeness (QED) is 0.779. The number of rotatable bonds is 5. The van der Waals surface area contributed by atoms with E-state index in [9.17, 15) is 4.79 Å². The summed E-state index contributed by atoms with van der Waals surface area (Å²) < 4.78 is 10.4. The van der Waals surface area contributed by atoms with Crippen molar-refractivity contribution in [1.29, 1.82) is 0 Å². The third-order valence-electron chi connectivity index (χ3n) is 4.65. The number of nitrogens with zero attached hydrogens (tertiary/aromatic N) is 3. The first-order chi connectivity index (χ1) is 12.1. The first-order valence-electron chi connectivity index (χ1n) is 8.42. The summed E-state index contributed by atoms with van der Waals surface area (Å²) in [6, 6.07) is 7.42. The van der Waals surface area contributed by atoms with Gasteiger partial charge in [-0.3, -0.25) is 4.79 Å². The van der Waals surface area contributed by atoms with Crippen LogP contribution in [0.4, 0.5) is 5.82 Å². The minimum atomic E-state index is -0.0400.